The highest BCUT2D eigenvalue weighted by molar-refractivity contribution is 5.77. The molecular weight excluding hydrogens is 420 g/mol. The van der Waals surface area contributed by atoms with Crippen LogP contribution >= 0.6 is 0 Å². The Morgan fingerprint density at radius 3 is 1.79 bits per heavy atom. The average Bonchev–Trinajstić information content (AvgIpc) is 2.62. The normalized spacial score (nSPS) is 34.3. The van der Waals surface area contributed by atoms with E-state index in [2.05, 4.69) is 53.8 Å². The molecule has 0 aromatic heterocycles. The molecule has 2 N–H and O–H groups in total. The number of carbonyl (C=O) groups is 2. The van der Waals surface area contributed by atoms with Crippen LogP contribution in [-0.2, 0) is 19.1 Å². The van der Waals surface area contributed by atoms with Gasteiger partial charge in [-0.1, -0.05) is 27.7 Å². The number of rotatable bonds is 7. The van der Waals surface area contributed by atoms with E-state index in [4.69, 9.17) is 9.47 Å². The van der Waals surface area contributed by atoms with Crippen molar-refractivity contribution in [3.05, 3.63) is 0 Å². The molecule has 7 nitrogen and oxygen atoms in total. The Morgan fingerprint density at radius 1 is 0.848 bits per heavy atom. The molecule has 192 valence electrons. The first-order valence-electron chi connectivity index (χ1n) is 12.6. The number of carbonyl (C=O) groups excluding carboxylic acids is 2. The monoisotopic (exact) mass is 468 g/mol. The molecule has 2 aliphatic heterocycles. The van der Waals surface area contributed by atoms with Gasteiger partial charge in [0.2, 0.25) is 0 Å². The third-order valence-electron chi connectivity index (χ3n) is 8.09. The van der Waals surface area contributed by atoms with Crippen molar-refractivity contribution >= 4 is 11.9 Å². The summed E-state index contributed by atoms with van der Waals surface area (Å²) in [5.41, 5.74) is -1.23. The Hall–Kier alpha value is -1.18. The third kappa shape index (κ3) is 6.70. The standard InChI is InChI=1S/C26H48N2O5/c1-17(2)25(9)15-19(13-23(5,6)27-25)32-21(29)11-12-22(30)33-20-14-24(7,8)28(31)26(10,16-20)18(3)4/h17-20,27,31H,11-16H2,1-10H3. The van der Waals surface area contributed by atoms with Gasteiger partial charge >= 0.3 is 11.9 Å². The minimum Gasteiger partial charge on any atom is -0.462 e. The summed E-state index contributed by atoms with van der Waals surface area (Å²) < 4.78 is 11.6. The molecule has 0 aromatic rings. The summed E-state index contributed by atoms with van der Waals surface area (Å²) in [6.07, 6.45) is 2.16. The van der Waals surface area contributed by atoms with Crippen LogP contribution in [0.3, 0.4) is 0 Å². The van der Waals surface area contributed by atoms with Gasteiger partial charge in [0, 0.05) is 47.8 Å². The fourth-order valence-electron chi connectivity index (χ4n) is 5.66. The number of hydrogen-bond acceptors (Lipinski definition) is 7. The lowest BCUT2D eigenvalue weighted by molar-refractivity contribution is -0.275. The summed E-state index contributed by atoms with van der Waals surface area (Å²) in [4.78, 5) is 25.1. The highest BCUT2D eigenvalue weighted by atomic mass is 16.6. The number of hydrogen-bond donors (Lipinski definition) is 2. The van der Waals surface area contributed by atoms with Gasteiger partial charge in [-0.3, -0.25) is 9.59 Å². The summed E-state index contributed by atoms with van der Waals surface area (Å²) >= 11 is 0. The first-order chi connectivity index (χ1) is 14.9. The lowest BCUT2D eigenvalue weighted by atomic mass is 9.73. The van der Waals surface area contributed by atoms with Crippen molar-refractivity contribution in [1.29, 1.82) is 0 Å². The minimum absolute atomic E-state index is 0.00675. The van der Waals surface area contributed by atoms with Gasteiger partial charge in [-0.25, -0.2) is 0 Å². The molecule has 7 heteroatoms. The molecule has 33 heavy (non-hydrogen) atoms. The van der Waals surface area contributed by atoms with E-state index in [1.165, 1.54) is 5.06 Å². The van der Waals surface area contributed by atoms with Gasteiger partial charge in [-0.05, 0) is 53.4 Å². The van der Waals surface area contributed by atoms with Crippen LogP contribution in [0.5, 0.6) is 0 Å². The number of esters is 2. The molecular formula is C26H48N2O5. The van der Waals surface area contributed by atoms with E-state index >= 15 is 0 Å². The molecule has 0 saturated carbocycles. The van der Waals surface area contributed by atoms with Crippen molar-refractivity contribution in [3.63, 3.8) is 0 Å². The zero-order valence-corrected chi connectivity index (χ0v) is 22.6. The Balaban J connectivity index is 1.90. The summed E-state index contributed by atoms with van der Waals surface area (Å²) in [6, 6.07) is 0. The van der Waals surface area contributed by atoms with Crippen LogP contribution in [0.2, 0.25) is 0 Å². The Bertz CT molecular complexity index is 719. The maximum absolute atomic E-state index is 12.6. The Morgan fingerprint density at radius 2 is 1.33 bits per heavy atom. The van der Waals surface area contributed by atoms with Crippen LogP contribution < -0.4 is 5.32 Å². The number of hydroxylamine groups is 2. The minimum atomic E-state index is -0.508. The molecule has 0 spiro atoms. The zero-order chi connectivity index (χ0) is 25.4. The molecule has 4 atom stereocenters. The largest absolute Gasteiger partial charge is 0.462 e. The van der Waals surface area contributed by atoms with Crippen LogP contribution in [0.1, 0.15) is 108 Å². The van der Waals surface area contributed by atoms with Gasteiger partial charge in [0.05, 0.1) is 12.8 Å². The fourth-order valence-corrected chi connectivity index (χ4v) is 5.66. The lowest BCUT2D eigenvalue weighted by Gasteiger charge is -2.54. The highest BCUT2D eigenvalue weighted by Crippen LogP contribution is 2.42. The molecule has 2 saturated heterocycles. The molecule has 2 aliphatic rings. The van der Waals surface area contributed by atoms with Gasteiger partial charge in [-0.15, -0.1) is 0 Å². The molecule has 0 bridgehead atoms. The molecule has 2 heterocycles. The lowest BCUT2D eigenvalue weighted by Crippen LogP contribution is -2.64. The van der Waals surface area contributed by atoms with Crippen molar-refractivity contribution in [2.75, 3.05) is 0 Å². The quantitative estimate of drug-likeness (QED) is 0.517. The van der Waals surface area contributed by atoms with Gasteiger partial charge < -0.3 is 20.0 Å². The molecule has 4 unspecified atom stereocenters. The molecule has 2 rings (SSSR count). The predicted octanol–water partition coefficient (Wildman–Crippen LogP) is 4.85. The SMILES string of the molecule is CC(C)C1(C)CC(OC(=O)CCC(=O)OC2CC(C)(C)N(O)C(C)(C(C)C)C2)CC(C)(C)N1. The van der Waals surface area contributed by atoms with E-state index in [1.54, 1.807) is 0 Å². The third-order valence-corrected chi connectivity index (χ3v) is 8.09. The summed E-state index contributed by atoms with van der Waals surface area (Å²) in [5.74, 6) is -0.149. The zero-order valence-electron chi connectivity index (χ0n) is 22.6. The average molecular weight is 469 g/mol. The van der Waals surface area contributed by atoms with E-state index in [1.807, 2.05) is 20.8 Å². The topological polar surface area (TPSA) is 88.1 Å². The van der Waals surface area contributed by atoms with Crippen molar-refractivity contribution in [2.24, 2.45) is 11.8 Å². The van der Waals surface area contributed by atoms with Crippen LogP contribution in [0.15, 0.2) is 0 Å². The van der Waals surface area contributed by atoms with Crippen LogP contribution in [0.25, 0.3) is 0 Å². The van der Waals surface area contributed by atoms with E-state index < -0.39 is 11.1 Å². The Labute approximate surface area is 200 Å². The summed E-state index contributed by atoms with van der Waals surface area (Å²) in [7, 11) is 0. The second-order valence-corrected chi connectivity index (χ2v) is 12.8. The van der Waals surface area contributed by atoms with Gasteiger partial charge in [0.15, 0.2) is 0 Å². The number of piperidine rings is 2. The number of ether oxygens (including phenoxy) is 2. The highest BCUT2D eigenvalue weighted by Gasteiger charge is 2.50. The van der Waals surface area contributed by atoms with Crippen LogP contribution in [0, 0.1) is 11.8 Å². The molecule has 0 aromatic carbocycles. The second kappa shape index (κ2) is 9.82. The number of nitrogens with zero attached hydrogens (tertiary/aromatic N) is 1. The fraction of sp³-hybridized carbons (Fsp3) is 0.923. The molecule has 0 amide bonds. The Kier molecular flexibility index (Phi) is 8.35. The van der Waals surface area contributed by atoms with Crippen molar-refractivity contribution < 1.29 is 24.3 Å². The molecule has 2 fully saturated rings. The van der Waals surface area contributed by atoms with E-state index in [-0.39, 0.29) is 54.0 Å². The van der Waals surface area contributed by atoms with Crippen molar-refractivity contribution in [3.8, 4) is 0 Å². The van der Waals surface area contributed by atoms with Crippen LogP contribution in [0.4, 0.5) is 0 Å². The van der Waals surface area contributed by atoms with Gasteiger partial charge in [-0.2, -0.15) is 5.06 Å². The van der Waals surface area contributed by atoms with Gasteiger partial charge in [0.1, 0.15) is 12.2 Å². The first kappa shape index (κ1) is 28.1. The smallest absolute Gasteiger partial charge is 0.306 e. The first-order valence-corrected chi connectivity index (χ1v) is 12.6. The summed E-state index contributed by atoms with van der Waals surface area (Å²) in [5, 5.41) is 15.9. The second-order valence-electron chi connectivity index (χ2n) is 12.8. The predicted molar refractivity (Wildman–Crippen MR) is 129 cm³/mol. The van der Waals surface area contributed by atoms with Crippen LogP contribution in [-0.4, -0.2) is 56.6 Å². The summed E-state index contributed by atoms with van der Waals surface area (Å²) in [6.45, 7) is 20.8. The maximum Gasteiger partial charge on any atom is 0.306 e. The van der Waals surface area contributed by atoms with Crippen molar-refractivity contribution in [1.82, 2.24) is 10.4 Å². The molecule has 0 radical (unpaired) electrons. The van der Waals surface area contributed by atoms with Gasteiger partial charge in [0.25, 0.3) is 0 Å². The van der Waals surface area contributed by atoms with E-state index in [0.717, 1.165) is 12.8 Å². The maximum atomic E-state index is 12.6. The van der Waals surface area contributed by atoms with E-state index in [9.17, 15) is 14.8 Å². The molecule has 0 aliphatic carbocycles. The van der Waals surface area contributed by atoms with Crippen molar-refractivity contribution in [2.45, 2.75) is 142 Å². The van der Waals surface area contributed by atoms with E-state index in [0.29, 0.717) is 18.8 Å². The number of nitrogens with one attached hydrogen (secondary N) is 1.